The molecular formula is C8H15N3O7. The van der Waals surface area contributed by atoms with Gasteiger partial charge in [0, 0.05) is 0 Å². The van der Waals surface area contributed by atoms with Crippen molar-refractivity contribution >= 4 is 11.7 Å². The molecule has 0 aromatic rings. The molecule has 0 spiro atoms. The Hall–Kier alpha value is -1.46. The van der Waals surface area contributed by atoms with Crippen LogP contribution in [0.3, 0.4) is 0 Å². The number of aliphatic hydroxyl groups is 4. The van der Waals surface area contributed by atoms with E-state index in [2.05, 4.69) is 0 Å². The zero-order chi connectivity index (χ0) is 14.5. The molecule has 1 amide bonds. The lowest BCUT2D eigenvalue weighted by Crippen LogP contribution is -2.64. The van der Waals surface area contributed by atoms with Gasteiger partial charge in [-0.15, -0.1) is 4.91 Å². The number of carbonyl (C=O) groups excluding carboxylic acids is 2. The van der Waals surface area contributed by atoms with Crippen molar-refractivity contribution in [3.05, 3.63) is 4.91 Å². The summed E-state index contributed by atoms with van der Waals surface area (Å²) in [5.74, 6) is -2.89. The fourth-order valence-corrected chi connectivity index (χ4v) is 1.14. The van der Waals surface area contributed by atoms with E-state index in [1.54, 1.807) is 0 Å². The van der Waals surface area contributed by atoms with Gasteiger partial charge in [-0.05, 0) is 6.92 Å². The standard InChI is InChI=1S/C8H15N3O7/c1-8(9,6(16)7(17)10-11-18)5(15)4(14)3(13)2-12/h3-5,12-15H,2,9H2,1H3,(H,10,17,18)/t3-,4-,5+,8-/m1/s1. The molecule has 0 aromatic carbocycles. The van der Waals surface area contributed by atoms with E-state index >= 15 is 0 Å². The SMILES string of the molecule is C[C@](N)(C(=O)C(=O)NN=O)[C@@H](O)[C@H](O)[C@H](O)CO. The lowest BCUT2D eigenvalue weighted by Gasteiger charge is -2.32. The highest BCUT2D eigenvalue weighted by Crippen LogP contribution is 2.14. The molecule has 0 rings (SSSR count). The first-order valence-electron chi connectivity index (χ1n) is 4.81. The molecule has 0 heterocycles. The molecule has 18 heavy (non-hydrogen) atoms. The van der Waals surface area contributed by atoms with E-state index in [0.29, 0.717) is 0 Å². The van der Waals surface area contributed by atoms with Gasteiger partial charge < -0.3 is 26.2 Å². The highest BCUT2D eigenvalue weighted by Gasteiger charge is 2.45. The zero-order valence-electron chi connectivity index (χ0n) is 9.48. The van der Waals surface area contributed by atoms with Crippen LogP contribution in [0.25, 0.3) is 0 Å². The molecule has 0 bridgehead atoms. The molecule has 0 aliphatic carbocycles. The molecule has 104 valence electrons. The van der Waals surface area contributed by atoms with Crippen LogP contribution in [0.1, 0.15) is 6.92 Å². The normalized spacial score (nSPS) is 19.2. The number of nitroso groups, excluding NO2 is 1. The number of aliphatic hydroxyl groups excluding tert-OH is 4. The number of nitrogens with two attached hydrogens (primary N) is 1. The lowest BCUT2D eigenvalue weighted by atomic mass is 9.85. The van der Waals surface area contributed by atoms with Crippen LogP contribution in [0.5, 0.6) is 0 Å². The molecule has 0 fully saturated rings. The van der Waals surface area contributed by atoms with Gasteiger partial charge in [0.05, 0.1) is 11.9 Å². The predicted octanol–water partition coefficient (Wildman–Crippen LogP) is -3.85. The minimum Gasteiger partial charge on any atom is -0.394 e. The number of ketones is 1. The summed E-state index contributed by atoms with van der Waals surface area (Å²) in [6.07, 6.45) is -5.74. The third-order valence-electron chi connectivity index (χ3n) is 2.36. The molecule has 0 aliphatic heterocycles. The van der Waals surface area contributed by atoms with Gasteiger partial charge in [-0.3, -0.25) is 9.59 Å². The maximum absolute atomic E-state index is 11.5. The van der Waals surface area contributed by atoms with Gasteiger partial charge in [-0.1, -0.05) is 0 Å². The Morgan fingerprint density at radius 1 is 1.39 bits per heavy atom. The molecule has 0 saturated carbocycles. The van der Waals surface area contributed by atoms with Gasteiger partial charge in [0.1, 0.15) is 23.9 Å². The number of nitrogens with one attached hydrogen (secondary N) is 1. The average molecular weight is 265 g/mol. The summed E-state index contributed by atoms with van der Waals surface area (Å²) in [6, 6.07) is 0. The minimum atomic E-state index is -2.27. The van der Waals surface area contributed by atoms with Crippen molar-refractivity contribution in [2.75, 3.05) is 6.61 Å². The largest absolute Gasteiger partial charge is 0.394 e. The number of hydrogen-bond acceptors (Lipinski definition) is 9. The summed E-state index contributed by atoms with van der Waals surface area (Å²) in [6.45, 7) is 0.0300. The monoisotopic (exact) mass is 265 g/mol. The van der Waals surface area contributed by atoms with E-state index in [0.717, 1.165) is 6.92 Å². The molecule has 10 heteroatoms. The lowest BCUT2D eigenvalue weighted by molar-refractivity contribution is -0.148. The van der Waals surface area contributed by atoms with Crippen LogP contribution >= 0.6 is 0 Å². The number of nitrogens with zero attached hydrogens (tertiary/aromatic N) is 1. The Bertz CT molecular complexity index is 333. The van der Waals surface area contributed by atoms with Crippen LogP contribution in [0.4, 0.5) is 0 Å². The predicted molar refractivity (Wildman–Crippen MR) is 56.6 cm³/mol. The number of hydrogen-bond donors (Lipinski definition) is 6. The molecule has 0 radical (unpaired) electrons. The van der Waals surface area contributed by atoms with Gasteiger partial charge in [0.15, 0.2) is 0 Å². The number of rotatable bonds is 7. The average Bonchev–Trinajstić information content (AvgIpc) is 2.34. The maximum Gasteiger partial charge on any atom is 0.312 e. The zero-order valence-corrected chi connectivity index (χ0v) is 9.48. The van der Waals surface area contributed by atoms with Crippen molar-refractivity contribution in [1.29, 1.82) is 0 Å². The molecule has 7 N–H and O–H groups in total. The van der Waals surface area contributed by atoms with Crippen molar-refractivity contribution < 1.29 is 30.0 Å². The highest BCUT2D eigenvalue weighted by atomic mass is 16.4. The smallest absolute Gasteiger partial charge is 0.312 e. The second-order valence-corrected chi connectivity index (χ2v) is 3.83. The molecule has 4 atom stereocenters. The van der Waals surface area contributed by atoms with Crippen LogP contribution < -0.4 is 11.2 Å². The van der Waals surface area contributed by atoms with Gasteiger partial charge >= 0.3 is 5.91 Å². The number of Topliss-reactive ketones (excluding diaryl/α,β-unsaturated/α-hetero) is 1. The Labute approximate surface area is 101 Å². The van der Waals surface area contributed by atoms with E-state index in [-0.39, 0.29) is 0 Å². The first-order valence-corrected chi connectivity index (χ1v) is 4.81. The summed E-state index contributed by atoms with van der Waals surface area (Å²) < 4.78 is 0. The van der Waals surface area contributed by atoms with E-state index in [9.17, 15) is 24.7 Å². The summed E-state index contributed by atoms with van der Waals surface area (Å²) in [5.41, 5.74) is 4.38. The van der Waals surface area contributed by atoms with Crippen molar-refractivity contribution in [1.82, 2.24) is 5.43 Å². The molecule has 0 unspecified atom stereocenters. The van der Waals surface area contributed by atoms with Crippen LogP contribution in [-0.4, -0.2) is 62.6 Å². The molecular weight excluding hydrogens is 250 g/mol. The summed E-state index contributed by atoms with van der Waals surface area (Å²) in [7, 11) is 0. The second-order valence-electron chi connectivity index (χ2n) is 3.83. The van der Waals surface area contributed by atoms with E-state index in [4.69, 9.17) is 15.9 Å². The Kier molecular flexibility index (Phi) is 5.94. The van der Waals surface area contributed by atoms with Crippen molar-refractivity contribution in [2.45, 2.75) is 30.8 Å². The van der Waals surface area contributed by atoms with Crippen LogP contribution in [-0.2, 0) is 9.59 Å². The third kappa shape index (κ3) is 3.51. The highest BCUT2D eigenvalue weighted by molar-refractivity contribution is 6.39. The Balaban J connectivity index is 4.95. The van der Waals surface area contributed by atoms with Gasteiger partial charge in [0.25, 0.3) is 0 Å². The van der Waals surface area contributed by atoms with Crippen LogP contribution in [0.2, 0.25) is 0 Å². The van der Waals surface area contributed by atoms with Crippen molar-refractivity contribution in [2.24, 2.45) is 11.0 Å². The maximum atomic E-state index is 11.5. The number of carbonyl (C=O) groups is 2. The fourth-order valence-electron chi connectivity index (χ4n) is 1.14. The van der Waals surface area contributed by atoms with E-state index in [1.165, 1.54) is 5.43 Å². The Morgan fingerprint density at radius 3 is 2.28 bits per heavy atom. The topological polar surface area (TPSA) is 183 Å². The second kappa shape index (κ2) is 6.47. The van der Waals surface area contributed by atoms with Crippen LogP contribution in [0, 0.1) is 4.91 Å². The minimum absolute atomic E-state index is 0.884. The summed E-state index contributed by atoms with van der Waals surface area (Å²) in [5, 5.41) is 38.6. The Morgan fingerprint density at radius 2 is 1.89 bits per heavy atom. The fraction of sp³-hybridized carbons (Fsp3) is 0.750. The molecule has 0 saturated heterocycles. The van der Waals surface area contributed by atoms with Gasteiger partial charge in [-0.2, -0.15) is 0 Å². The van der Waals surface area contributed by atoms with Crippen LogP contribution in [0.15, 0.2) is 5.29 Å². The quantitative estimate of drug-likeness (QED) is 0.153. The first kappa shape index (κ1) is 16.5. The van der Waals surface area contributed by atoms with E-state index < -0.39 is 42.1 Å². The third-order valence-corrected chi connectivity index (χ3v) is 2.36. The molecule has 0 aromatic heterocycles. The summed E-state index contributed by atoms with van der Waals surface area (Å²) >= 11 is 0. The first-order chi connectivity index (χ1) is 8.19. The van der Waals surface area contributed by atoms with Gasteiger partial charge in [0.2, 0.25) is 5.78 Å². The molecule has 0 aliphatic rings. The van der Waals surface area contributed by atoms with E-state index in [1.807, 2.05) is 5.29 Å². The number of amides is 1. The molecule has 10 nitrogen and oxygen atoms in total. The van der Waals surface area contributed by atoms with Crippen molar-refractivity contribution in [3.8, 4) is 0 Å². The van der Waals surface area contributed by atoms with Gasteiger partial charge in [-0.25, -0.2) is 5.43 Å². The summed E-state index contributed by atoms with van der Waals surface area (Å²) in [4.78, 5) is 32.2. The van der Waals surface area contributed by atoms with Crippen molar-refractivity contribution in [3.63, 3.8) is 0 Å².